The fraction of sp³-hybridized carbons (Fsp3) is 0.368. The highest BCUT2D eigenvalue weighted by atomic mass is 16.5. The summed E-state index contributed by atoms with van der Waals surface area (Å²) in [6.07, 6.45) is 0.149. The minimum atomic E-state index is 0.0707. The Bertz CT molecular complexity index is 538. The maximum atomic E-state index is 6.34. The molecule has 0 aliphatic heterocycles. The van der Waals surface area contributed by atoms with E-state index in [9.17, 15) is 0 Å². The van der Waals surface area contributed by atoms with Gasteiger partial charge >= 0.3 is 0 Å². The van der Waals surface area contributed by atoms with E-state index in [-0.39, 0.29) is 12.2 Å². The van der Waals surface area contributed by atoms with Crippen molar-refractivity contribution in [2.45, 2.75) is 33.0 Å². The van der Waals surface area contributed by atoms with Crippen LogP contribution in [0.3, 0.4) is 0 Å². The lowest BCUT2D eigenvalue weighted by Crippen LogP contribution is -2.24. The van der Waals surface area contributed by atoms with Crippen LogP contribution in [-0.4, -0.2) is 13.1 Å². The molecule has 2 aromatic carbocycles. The third kappa shape index (κ3) is 4.42. The number of benzene rings is 2. The van der Waals surface area contributed by atoms with Crippen LogP contribution in [0, 0.1) is 6.92 Å². The molecule has 0 radical (unpaired) electrons. The second-order valence-electron chi connectivity index (χ2n) is 5.34. The van der Waals surface area contributed by atoms with E-state index in [0.29, 0.717) is 0 Å². The van der Waals surface area contributed by atoms with Crippen LogP contribution in [-0.2, 0) is 4.74 Å². The SMILES string of the molecule is CCNCC(OC(C)c1ccccc1)c1ccccc1C. The van der Waals surface area contributed by atoms with E-state index in [1.165, 1.54) is 16.7 Å². The number of ether oxygens (including phenoxy) is 1. The summed E-state index contributed by atoms with van der Waals surface area (Å²) in [7, 11) is 0. The van der Waals surface area contributed by atoms with E-state index >= 15 is 0 Å². The third-order valence-corrected chi connectivity index (χ3v) is 3.75. The molecule has 0 saturated heterocycles. The number of nitrogens with one attached hydrogen (secondary N) is 1. The van der Waals surface area contributed by atoms with Gasteiger partial charge in [-0.05, 0) is 37.1 Å². The lowest BCUT2D eigenvalue weighted by molar-refractivity contribution is -0.00441. The molecule has 0 heterocycles. The van der Waals surface area contributed by atoms with Crippen LogP contribution in [0.15, 0.2) is 54.6 Å². The third-order valence-electron chi connectivity index (χ3n) is 3.75. The van der Waals surface area contributed by atoms with Crippen molar-refractivity contribution in [2.24, 2.45) is 0 Å². The van der Waals surface area contributed by atoms with E-state index in [4.69, 9.17) is 4.74 Å². The Kier molecular flexibility index (Phi) is 5.97. The standard InChI is InChI=1S/C19H25NO/c1-4-20-14-19(18-13-9-8-10-15(18)2)21-16(3)17-11-6-5-7-12-17/h5-13,16,19-20H,4,14H2,1-3H3. The van der Waals surface area contributed by atoms with Gasteiger partial charge in [0, 0.05) is 6.54 Å². The van der Waals surface area contributed by atoms with Crippen molar-refractivity contribution in [3.05, 3.63) is 71.3 Å². The molecule has 2 aromatic rings. The van der Waals surface area contributed by atoms with Crippen molar-refractivity contribution in [1.82, 2.24) is 5.32 Å². The molecule has 2 nitrogen and oxygen atoms in total. The molecular formula is C19H25NO. The molecule has 0 aliphatic rings. The Morgan fingerprint density at radius 1 is 1.00 bits per heavy atom. The highest BCUT2D eigenvalue weighted by molar-refractivity contribution is 5.28. The van der Waals surface area contributed by atoms with Crippen molar-refractivity contribution in [3.8, 4) is 0 Å². The molecule has 0 aliphatic carbocycles. The van der Waals surface area contributed by atoms with Gasteiger partial charge in [0.05, 0.1) is 12.2 Å². The first-order chi connectivity index (χ1) is 10.2. The summed E-state index contributed by atoms with van der Waals surface area (Å²) in [6, 6.07) is 18.8. The van der Waals surface area contributed by atoms with Gasteiger partial charge in [0.2, 0.25) is 0 Å². The van der Waals surface area contributed by atoms with Gasteiger partial charge in [-0.2, -0.15) is 0 Å². The molecule has 0 bridgehead atoms. The number of hydrogen-bond acceptors (Lipinski definition) is 2. The van der Waals surface area contributed by atoms with E-state index in [2.05, 4.69) is 74.6 Å². The summed E-state index contributed by atoms with van der Waals surface area (Å²) in [5.41, 5.74) is 3.76. The number of likely N-dealkylation sites (N-methyl/N-ethyl adjacent to an activating group) is 1. The van der Waals surface area contributed by atoms with Gasteiger partial charge in [0.1, 0.15) is 0 Å². The van der Waals surface area contributed by atoms with Gasteiger partial charge < -0.3 is 10.1 Å². The van der Waals surface area contributed by atoms with Gasteiger partial charge in [-0.3, -0.25) is 0 Å². The van der Waals surface area contributed by atoms with Gasteiger partial charge in [-0.1, -0.05) is 61.5 Å². The van der Waals surface area contributed by atoms with Crippen LogP contribution in [0.5, 0.6) is 0 Å². The van der Waals surface area contributed by atoms with Crippen molar-refractivity contribution in [3.63, 3.8) is 0 Å². The largest absolute Gasteiger partial charge is 0.365 e. The highest BCUT2D eigenvalue weighted by Crippen LogP contribution is 2.27. The van der Waals surface area contributed by atoms with Crippen LogP contribution in [0.2, 0.25) is 0 Å². The molecule has 0 fully saturated rings. The van der Waals surface area contributed by atoms with E-state index in [0.717, 1.165) is 13.1 Å². The van der Waals surface area contributed by atoms with Gasteiger partial charge in [-0.25, -0.2) is 0 Å². The molecule has 21 heavy (non-hydrogen) atoms. The maximum absolute atomic E-state index is 6.34. The highest BCUT2D eigenvalue weighted by Gasteiger charge is 2.17. The summed E-state index contributed by atoms with van der Waals surface area (Å²) in [5, 5.41) is 3.41. The molecule has 2 heteroatoms. The molecule has 2 unspecified atom stereocenters. The summed E-state index contributed by atoms with van der Waals surface area (Å²) in [5.74, 6) is 0. The minimum absolute atomic E-state index is 0.0707. The molecule has 0 aromatic heterocycles. The first-order valence-electron chi connectivity index (χ1n) is 7.69. The molecule has 0 saturated carbocycles. The van der Waals surface area contributed by atoms with Crippen molar-refractivity contribution in [2.75, 3.05) is 13.1 Å². The van der Waals surface area contributed by atoms with E-state index in [1.54, 1.807) is 0 Å². The molecule has 0 amide bonds. The van der Waals surface area contributed by atoms with Crippen LogP contribution >= 0.6 is 0 Å². The lowest BCUT2D eigenvalue weighted by Gasteiger charge is -2.25. The Morgan fingerprint density at radius 2 is 1.67 bits per heavy atom. The Balaban J connectivity index is 2.15. The first kappa shape index (κ1) is 15.7. The zero-order chi connectivity index (χ0) is 15.1. The first-order valence-corrected chi connectivity index (χ1v) is 7.69. The number of hydrogen-bond donors (Lipinski definition) is 1. The fourth-order valence-electron chi connectivity index (χ4n) is 2.50. The van der Waals surface area contributed by atoms with Crippen LogP contribution < -0.4 is 5.32 Å². The topological polar surface area (TPSA) is 21.3 Å². The minimum Gasteiger partial charge on any atom is -0.365 e. The monoisotopic (exact) mass is 283 g/mol. The predicted octanol–water partition coefficient (Wildman–Crippen LogP) is 4.42. The van der Waals surface area contributed by atoms with Crippen molar-refractivity contribution in [1.29, 1.82) is 0 Å². The zero-order valence-electron chi connectivity index (χ0n) is 13.2. The lowest BCUT2D eigenvalue weighted by atomic mass is 10.0. The van der Waals surface area contributed by atoms with Crippen LogP contribution in [0.1, 0.15) is 42.7 Å². The van der Waals surface area contributed by atoms with E-state index < -0.39 is 0 Å². The van der Waals surface area contributed by atoms with Crippen molar-refractivity contribution < 1.29 is 4.74 Å². The van der Waals surface area contributed by atoms with E-state index in [1.807, 2.05) is 6.07 Å². The Hall–Kier alpha value is -1.64. The molecule has 0 spiro atoms. The van der Waals surface area contributed by atoms with Gasteiger partial charge in [0.25, 0.3) is 0 Å². The van der Waals surface area contributed by atoms with Crippen LogP contribution in [0.25, 0.3) is 0 Å². The zero-order valence-corrected chi connectivity index (χ0v) is 13.2. The quantitative estimate of drug-likeness (QED) is 0.812. The number of rotatable bonds is 7. The van der Waals surface area contributed by atoms with Gasteiger partial charge in [-0.15, -0.1) is 0 Å². The normalized spacial score (nSPS) is 13.9. The fourth-order valence-corrected chi connectivity index (χ4v) is 2.50. The maximum Gasteiger partial charge on any atom is 0.0959 e. The molecule has 112 valence electrons. The summed E-state index contributed by atoms with van der Waals surface area (Å²) < 4.78 is 6.34. The molecule has 1 N–H and O–H groups in total. The molecule has 2 atom stereocenters. The Morgan fingerprint density at radius 3 is 2.33 bits per heavy atom. The predicted molar refractivity (Wildman–Crippen MR) is 88.4 cm³/mol. The summed E-state index contributed by atoms with van der Waals surface area (Å²) in [6.45, 7) is 8.16. The van der Waals surface area contributed by atoms with Gasteiger partial charge in [0.15, 0.2) is 0 Å². The molecule has 2 rings (SSSR count). The second kappa shape index (κ2) is 7.96. The second-order valence-corrected chi connectivity index (χ2v) is 5.34. The van der Waals surface area contributed by atoms with Crippen molar-refractivity contribution >= 4 is 0 Å². The molecular weight excluding hydrogens is 258 g/mol. The Labute approximate surface area is 128 Å². The summed E-state index contributed by atoms with van der Waals surface area (Å²) in [4.78, 5) is 0. The number of aryl methyl sites for hydroxylation is 1. The smallest absolute Gasteiger partial charge is 0.0959 e. The average molecular weight is 283 g/mol. The average Bonchev–Trinajstić information content (AvgIpc) is 2.53. The van der Waals surface area contributed by atoms with Crippen LogP contribution in [0.4, 0.5) is 0 Å². The summed E-state index contributed by atoms with van der Waals surface area (Å²) >= 11 is 0.